The maximum atomic E-state index is 11.9. The first-order valence-electron chi connectivity index (χ1n) is 7.05. The Labute approximate surface area is 124 Å². The number of esters is 1. The normalized spacial score (nSPS) is 11.6. The SMILES string of the molecule is CCCCC(=O)OC(C)C(=O)Nc1cccc(C(C)=O)c1. The molecule has 0 radical (unpaired) electrons. The first-order valence-corrected chi connectivity index (χ1v) is 7.05. The molecule has 0 saturated carbocycles. The number of nitrogens with one attached hydrogen (secondary N) is 1. The number of hydrogen-bond acceptors (Lipinski definition) is 4. The summed E-state index contributed by atoms with van der Waals surface area (Å²) in [5.74, 6) is -0.873. The topological polar surface area (TPSA) is 72.5 Å². The van der Waals surface area contributed by atoms with Gasteiger partial charge in [0, 0.05) is 17.7 Å². The highest BCUT2D eigenvalue weighted by Crippen LogP contribution is 2.12. The fraction of sp³-hybridized carbons (Fsp3) is 0.438. The summed E-state index contributed by atoms with van der Waals surface area (Å²) < 4.78 is 5.05. The van der Waals surface area contributed by atoms with Crippen LogP contribution in [0.5, 0.6) is 0 Å². The van der Waals surface area contributed by atoms with Crippen LogP contribution in [-0.4, -0.2) is 23.8 Å². The molecule has 0 aliphatic heterocycles. The summed E-state index contributed by atoms with van der Waals surface area (Å²) >= 11 is 0. The number of ether oxygens (including phenoxy) is 1. The first kappa shape index (κ1) is 16.9. The fourth-order valence-electron chi connectivity index (χ4n) is 1.69. The van der Waals surface area contributed by atoms with Gasteiger partial charge in [0.1, 0.15) is 0 Å². The van der Waals surface area contributed by atoms with Crippen LogP contribution in [0.1, 0.15) is 50.4 Å². The van der Waals surface area contributed by atoms with E-state index in [-0.39, 0.29) is 11.8 Å². The minimum absolute atomic E-state index is 0.0786. The van der Waals surface area contributed by atoms with E-state index in [1.807, 2.05) is 6.92 Å². The second-order valence-electron chi connectivity index (χ2n) is 4.86. The van der Waals surface area contributed by atoms with Crippen LogP contribution in [0.3, 0.4) is 0 Å². The molecule has 5 nitrogen and oxygen atoms in total. The highest BCUT2D eigenvalue weighted by Gasteiger charge is 2.17. The molecule has 21 heavy (non-hydrogen) atoms. The third kappa shape index (κ3) is 5.77. The second kappa shape index (κ2) is 8.19. The molecule has 114 valence electrons. The van der Waals surface area contributed by atoms with Crippen molar-refractivity contribution in [3.63, 3.8) is 0 Å². The maximum absolute atomic E-state index is 11.9. The number of carbonyl (C=O) groups excluding carboxylic acids is 3. The lowest BCUT2D eigenvalue weighted by atomic mass is 10.1. The number of benzene rings is 1. The van der Waals surface area contributed by atoms with Crippen LogP contribution in [0.4, 0.5) is 5.69 Å². The lowest BCUT2D eigenvalue weighted by Gasteiger charge is -2.13. The predicted molar refractivity (Wildman–Crippen MR) is 80.2 cm³/mol. The summed E-state index contributed by atoms with van der Waals surface area (Å²) in [7, 11) is 0. The number of hydrogen-bond donors (Lipinski definition) is 1. The summed E-state index contributed by atoms with van der Waals surface area (Å²) in [6.45, 7) is 4.96. The van der Waals surface area contributed by atoms with E-state index in [1.54, 1.807) is 24.3 Å². The van der Waals surface area contributed by atoms with Crippen LogP contribution in [-0.2, 0) is 14.3 Å². The minimum atomic E-state index is -0.865. The first-order chi connectivity index (χ1) is 9.93. The average molecular weight is 291 g/mol. The van der Waals surface area contributed by atoms with Crippen molar-refractivity contribution in [2.45, 2.75) is 46.1 Å². The Bertz CT molecular complexity index is 525. The number of amides is 1. The number of Topliss-reactive ketones (excluding diaryl/α,β-unsaturated/α-hetero) is 1. The maximum Gasteiger partial charge on any atom is 0.306 e. The molecule has 1 atom stereocenters. The summed E-state index contributed by atoms with van der Waals surface area (Å²) in [6.07, 6.45) is 1.09. The van der Waals surface area contributed by atoms with E-state index in [4.69, 9.17) is 4.74 Å². The Morgan fingerprint density at radius 3 is 2.62 bits per heavy atom. The van der Waals surface area contributed by atoms with Gasteiger partial charge >= 0.3 is 5.97 Å². The van der Waals surface area contributed by atoms with Crippen molar-refractivity contribution in [2.75, 3.05) is 5.32 Å². The molecular formula is C16H21NO4. The van der Waals surface area contributed by atoms with Crippen molar-refractivity contribution in [1.82, 2.24) is 0 Å². The van der Waals surface area contributed by atoms with E-state index in [0.29, 0.717) is 17.7 Å². The van der Waals surface area contributed by atoms with Gasteiger partial charge < -0.3 is 10.1 Å². The van der Waals surface area contributed by atoms with E-state index < -0.39 is 12.0 Å². The summed E-state index contributed by atoms with van der Waals surface area (Å²) in [5.41, 5.74) is 1.02. The average Bonchev–Trinajstić information content (AvgIpc) is 2.45. The quantitative estimate of drug-likeness (QED) is 0.619. The smallest absolute Gasteiger partial charge is 0.306 e. The van der Waals surface area contributed by atoms with E-state index in [2.05, 4.69) is 5.32 Å². The van der Waals surface area contributed by atoms with Crippen molar-refractivity contribution in [1.29, 1.82) is 0 Å². The van der Waals surface area contributed by atoms with Crippen LogP contribution >= 0.6 is 0 Å². The van der Waals surface area contributed by atoms with Crippen LogP contribution in [0, 0.1) is 0 Å². The van der Waals surface area contributed by atoms with E-state index >= 15 is 0 Å². The van der Waals surface area contributed by atoms with E-state index in [1.165, 1.54) is 13.8 Å². The molecule has 1 aromatic rings. The van der Waals surface area contributed by atoms with Crippen molar-refractivity contribution in [3.05, 3.63) is 29.8 Å². The zero-order valence-corrected chi connectivity index (χ0v) is 12.6. The molecule has 0 spiro atoms. The molecule has 0 aromatic heterocycles. The van der Waals surface area contributed by atoms with Gasteiger partial charge in [0.2, 0.25) is 0 Å². The molecule has 0 fully saturated rings. The predicted octanol–water partition coefficient (Wildman–Crippen LogP) is 2.95. The van der Waals surface area contributed by atoms with Gasteiger partial charge in [0.05, 0.1) is 0 Å². The largest absolute Gasteiger partial charge is 0.453 e. The Kier molecular flexibility index (Phi) is 6.59. The number of carbonyl (C=O) groups is 3. The number of anilines is 1. The van der Waals surface area contributed by atoms with Crippen molar-refractivity contribution >= 4 is 23.3 Å². The van der Waals surface area contributed by atoms with Gasteiger partial charge in [0.25, 0.3) is 5.91 Å². The van der Waals surface area contributed by atoms with Crippen LogP contribution in [0.25, 0.3) is 0 Å². The Morgan fingerprint density at radius 2 is 2.00 bits per heavy atom. The molecule has 0 saturated heterocycles. The van der Waals surface area contributed by atoms with E-state index in [0.717, 1.165) is 12.8 Å². The number of unbranched alkanes of at least 4 members (excludes halogenated alkanes) is 1. The van der Waals surface area contributed by atoms with Crippen molar-refractivity contribution in [3.8, 4) is 0 Å². The van der Waals surface area contributed by atoms with Crippen molar-refractivity contribution < 1.29 is 19.1 Å². The molecule has 0 aliphatic rings. The Hall–Kier alpha value is -2.17. The third-order valence-corrected chi connectivity index (χ3v) is 2.95. The highest BCUT2D eigenvalue weighted by atomic mass is 16.5. The number of ketones is 1. The van der Waals surface area contributed by atoms with Crippen LogP contribution in [0.2, 0.25) is 0 Å². The van der Waals surface area contributed by atoms with Gasteiger partial charge in [-0.15, -0.1) is 0 Å². The van der Waals surface area contributed by atoms with Crippen LogP contribution < -0.4 is 5.32 Å². The molecule has 1 N–H and O–H groups in total. The Balaban J connectivity index is 2.58. The zero-order valence-electron chi connectivity index (χ0n) is 12.6. The molecule has 1 aromatic carbocycles. The van der Waals surface area contributed by atoms with Gasteiger partial charge in [-0.05, 0) is 32.4 Å². The lowest BCUT2D eigenvalue weighted by Crippen LogP contribution is -2.29. The lowest BCUT2D eigenvalue weighted by molar-refractivity contribution is -0.153. The third-order valence-electron chi connectivity index (χ3n) is 2.95. The molecular weight excluding hydrogens is 270 g/mol. The zero-order chi connectivity index (χ0) is 15.8. The van der Waals surface area contributed by atoms with Crippen LogP contribution in [0.15, 0.2) is 24.3 Å². The van der Waals surface area contributed by atoms with Gasteiger partial charge in [0.15, 0.2) is 11.9 Å². The molecule has 0 heterocycles. The van der Waals surface area contributed by atoms with Gasteiger partial charge in [-0.3, -0.25) is 14.4 Å². The van der Waals surface area contributed by atoms with Gasteiger partial charge in [-0.2, -0.15) is 0 Å². The molecule has 1 unspecified atom stereocenters. The second-order valence-corrected chi connectivity index (χ2v) is 4.86. The Morgan fingerprint density at radius 1 is 1.29 bits per heavy atom. The standard InChI is InChI=1S/C16H21NO4/c1-4-5-9-15(19)21-12(3)16(20)17-14-8-6-7-13(10-14)11(2)18/h6-8,10,12H,4-5,9H2,1-3H3,(H,17,20). The summed E-state index contributed by atoms with van der Waals surface area (Å²) in [4.78, 5) is 34.7. The monoisotopic (exact) mass is 291 g/mol. The minimum Gasteiger partial charge on any atom is -0.453 e. The molecule has 5 heteroatoms. The fourth-order valence-corrected chi connectivity index (χ4v) is 1.69. The summed E-state index contributed by atoms with van der Waals surface area (Å²) in [5, 5.41) is 2.63. The molecule has 0 aliphatic carbocycles. The van der Waals surface area contributed by atoms with Gasteiger partial charge in [-0.1, -0.05) is 25.5 Å². The molecule has 1 amide bonds. The van der Waals surface area contributed by atoms with Gasteiger partial charge in [-0.25, -0.2) is 0 Å². The molecule has 0 bridgehead atoms. The summed E-state index contributed by atoms with van der Waals surface area (Å²) in [6, 6.07) is 6.62. The highest BCUT2D eigenvalue weighted by molar-refractivity contribution is 5.98. The van der Waals surface area contributed by atoms with E-state index in [9.17, 15) is 14.4 Å². The molecule has 1 rings (SSSR count). The van der Waals surface area contributed by atoms with Crippen molar-refractivity contribution in [2.24, 2.45) is 0 Å². The number of rotatable bonds is 7.